The molecule has 1 aliphatic heterocycles. The van der Waals surface area contributed by atoms with E-state index in [0.29, 0.717) is 5.57 Å². The van der Waals surface area contributed by atoms with Gasteiger partial charge in [0.15, 0.2) is 5.78 Å². The Bertz CT molecular complexity index is 859. The number of esters is 1. The molecule has 144 valence electrons. The summed E-state index contributed by atoms with van der Waals surface area (Å²) in [7, 11) is 1.35. The summed E-state index contributed by atoms with van der Waals surface area (Å²) in [4.78, 5) is 24.8. The summed E-state index contributed by atoms with van der Waals surface area (Å²) in [6, 6.07) is 3.74. The third-order valence-electron chi connectivity index (χ3n) is 6.05. The van der Waals surface area contributed by atoms with E-state index in [1.807, 2.05) is 6.92 Å². The number of nitrogens with one attached hydrogen (secondary N) is 1. The topological polar surface area (TPSA) is 55.4 Å². The summed E-state index contributed by atoms with van der Waals surface area (Å²) in [6.07, 6.45) is 7.23. The van der Waals surface area contributed by atoms with Crippen LogP contribution in [0.3, 0.4) is 0 Å². The summed E-state index contributed by atoms with van der Waals surface area (Å²) in [5, 5.41) is 2.94. The maximum Gasteiger partial charge on any atom is 0.332 e. The van der Waals surface area contributed by atoms with Crippen LogP contribution in [0.25, 0.3) is 0 Å². The lowest BCUT2D eigenvalue weighted by Crippen LogP contribution is -2.35. The number of ether oxygens (including phenoxy) is 1. The zero-order valence-corrected chi connectivity index (χ0v) is 17.1. The zero-order valence-electron chi connectivity index (χ0n) is 17.1. The van der Waals surface area contributed by atoms with E-state index < -0.39 is 6.04 Å². The second kappa shape index (κ2) is 6.66. The Morgan fingerprint density at radius 2 is 1.67 bits per heavy atom. The van der Waals surface area contributed by atoms with Gasteiger partial charge in [0.25, 0.3) is 0 Å². The van der Waals surface area contributed by atoms with Crippen LogP contribution in [0.2, 0.25) is 0 Å². The fraction of sp³-hybridized carbons (Fsp3) is 0.478. The van der Waals surface area contributed by atoms with Crippen molar-refractivity contribution in [2.45, 2.75) is 64.3 Å². The maximum absolute atomic E-state index is 13.1. The molecule has 1 aliphatic carbocycles. The number of carbonyl (C=O) groups is 2. The fourth-order valence-electron chi connectivity index (χ4n) is 4.02. The van der Waals surface area contributed by atoms with Gasteiger partial charge in [0.1, 0.15) is 6.04 Å². The van der Waals surface area contributed by atoms with Gasteiger partial charge in [-0.1, -0.05) is 45.9 Å². The molecule has 0 saturated heterocycles. The lowest BCUT2D eigenvalue weighted by atomic mass is 9.62. The molecule has 0 aromatic heterocycles. The highest BCUT2D eigenvalue weighted by Gasteiger charge is 2.38. The number of dihydropyridines is 1. The molecule has 27 heavy (non-hydrogen) atoms. The van der Waals surface area contributed by atoms with Crippen molar-refractivity contribution in [2.24, 2.45) is 0 Å². The number of methoxy groups -OCH3 is 1. The van der Waals surface area contributed by atoms with Crippen LogP contribution in [-0.2, 0) is 20.4 Å². The van der Waals surface area contributed by atoms with E-state index in [9.17, 15) is 9.59 Å². The van der Waals surface area contributed by atoms with Crippen LogP contribution in [0.15, 0.2) is 36.1 Å². The molecule has 2 aliphatic rings. The van der Waals surface area contributed by atoms with Gasteiger partial charge >= 0.3 is 5.97 Å². The molecule has 4 heteroatoms. The normalized spacial score (nSPS) is 22.3. The molecule has 0 bridgehead atoms. The molecule has 0 amide bonds. The number of Topliss-reactive ketones (excluding diaryl/α,β-unsaturated/α-hetero) is 1. The minimum Gasteiger partial charge on any atom is -0.467 e. The molecule has 4 nitrogen and oxygen atoms in total. The van der Waals surface area contributed by atoms with E-state index in [2.05, 4.69) is 45.1 Å². The molecule has 1 heterocycles. The van der Waals surface area contributed by atoms with Gasteiger partial charge < -0.3 is 10.1 Å². The molecule has 1 aromatic rings. The SMILES string of the molecule is COC(=O)C1C=CC(C(=O)c2cc3c(cc2C)C(C)(C)CCC3(C)C)=CN1. The van der Waals surface area contributed by atoms with Gasteiger partial charge in [-0.15, -0.1) is 0 Å². The maximum atomic E-state index is 13.1. The Hall–Kier alpha value is -2.36. The van der Waals surface area contributed by atoms with Crippen molar-refractivity contribution in [3.8, 4) is 0 Å². The Kier molecular flexibility index (Phi) is 4.79. The van der Waals surface area contributed by atoms with Crippen molar-refractivity contribution in [2.75, 3.05) is 7.11 Å². The third kappa shape index (κ3) is 3.45. The second-order valence-corrected chi connectivity index (χ2v) is 8.94. The van der Waals surface area contributed by atoms with E-state index in [1.165, 1.54) is 18.2 Å². The van der Waals surface area contributed by atoms with Gasteiger partial charge in [-0.05, 0) is 53.4 Å². The van der Waals surface area contributed by atoms with Crippen LogP contribution in [0.5, 0.6) is 0 Å². The summed E-state index contributed by atoms with van der Waals surface area (Å²) in [5.74, 6) is -0.399. The molecule has 1 N–H and O–H groups in total. The number of ketones is 1. The highest BCUT2D eigenvalue weighted by Crippen LogP contribution is 2.46. The van der Waals surface area contributed by atoms with E-state index in [4.69, 9.17) is 4.74 Å². The number of rotatable bonds is 3. The average molecular weight is 367 g/mol. The largest absolute Gasteiger partial charge is 0.467 e. The fourth-order valence-corrected chi connectivity index (χ4v) is 4.02. The van der Waals surface area contributed by atoms with Crippen LogP contribution >= 0.6 is 0 Å². The van der Waals surface area contributed by atoms with Crippen LogP contribution in [0.4, 0.5) is 0 Å². The Morgan fingerprint density at radius 1 is 1.07 bits per heavy atom. The standard InChI is InChI=1S/C23H29NO3/c1-14-11-17-18(23(4,5)10-9-22(17,2)3)12-16(14)20(25)15-7-8-19(24-13-15)21(26)27-6/h7-8,11-13,19,24H,9-10H2,1-6H3. The molecule has 0 fully saturated rings. The van der Waals surface area contributed by atoms with E-state index in [-0.39, 0.29) is 22.6 Å². The number of allylic oxidation sites excluding steroid dienone is 2. The van der Waals surface area contributed by atoms with Gasteiger partial charge in [-0.2, -0.15) is 0 Å². The van der Waals surface area contributed by atoms with E-state index >= 15 is 0 Å². The molecular formula is C23H29NO3. The minimum absolute atomic E-state index is 0.0263. The molecular weight excluding hydrogens is 338 g/mol. The van der Waals surface area contributed by atoms with Gasteiger partial charge in [0.2, 0.25) is 0 Å². The average Bonchev–Trinajstić information content (AvgIpc) is 2.64. The number of carbonyl (C=O) groups excluding carboxylic acids is 2. The first-order valence-corrected chi connectivity index (χ1v) is 9.49. The summed E-state index contributed by atoms with van der Waals surface area (Å²) >= 11 is 0. The molecule has 1 aromatic carbocycles. The highest BCUT2D eigenvalue weighted by molar-refractivity contribution is 6.11. The quantitative estimate of drug-likeness (QED) is 0.645. The monoisotopic (exact) mass is 367 g/mol. The Labute approximate surface area is 161 Å². The lowest BCUT2D eigenvalue weighted by Gasteiger charge is -2.42. The summed E-state index contributed by atoms with van der Waals surface area (Å²) in [5.41, 5.74) is 5.07. The predicted molar refractivity (Wildman–Crippen MR) is 107 cm³/mol. The van der Waals surface area contributed by atoms with Crippen molar-refractivity contribution < 1.29 is 14.3 Å². The van der Waals surface area contributed by atoms with Crippen molar-refractivity contribution in [1.82, 2.24) is 5.32 Å². The van der Waals surface area contributed by atoms with E-state index in [1.54, 1.807) is 18.4 Å². The van der Waals surface area contributed by atoms with Crippen LogP contribution in [0.1, 0.15) is 67.6 Å². The summed E-state index contributed by atoms with van der Waals surface area (Å²) < 4.78 is 4.73. The predicted octanol–water partition coefficient (Wildman–Crippen LogP) is 4.11. The van der Waals surface area contributed by atoms with Gasteiger partial charge in [-0.25, -0.2) is 4.79 Å². The van der Waals surface area contributed by atoms with Crippen molar-refractivity contribution >= 4 is 11.8 Å². The number of hydrogen-bond acceptors (Lipinski definition) is 4. The number of aryl methyl sites for hydroxylation is 1. The number of benzene rings is 1. The van der Waals surface area contributed by atoms with Crippen LogP contribution in [0, 0.1) is 6.92 Å². The van der Waals surface area contributed by atoms with Crippen LogP contribution in [-0.4, -0.2) is 24.9 Å². The number of hydrogen-bond donors (Lipinski definition) is 1. The van der Waals surface area contributed by atoms with Crippen LogP contribution < -0.4 is 5.32 Å². The number of fused-ring (bicyclic) bond motifs is 1. The van der Waals surface area contributed by atoms with Crippen molar-refractivity contribution in [1.29, 1.82) is 0 Å². The first-order valence-electron chi connectivity index (χ1n) is 9.49. The smallest absolute Gasteiger partial charge is 0.332 e. The van der Waals surface area contributed by atoms with Gasteiger partial charge in [0, 0.05) is 17.3 Å². The molecule has 0 saturated carbocycles. The van der Waals surface area contributed by atoms with Crippen molar-refractivity contribution in [3.05, 3.63) is 58.3 Å². The van der Waals surface area contributed by atoms with Crippen molar-refractivity contribution in [3.63, 3.8) is 0 Å². The first-order chi connectivity index (χ1) is 12.6. The highest BCUT2D eigenvalue weighted by atomic mass is 16.5. The first kappa shape index (κ1) is 19.4. The third-order valence-corrected chi connectivity index (χ3v) is 6.05. The zero-order chi connectivity index (χ0) is 20.0. The lowest BCUT2D eigenvalue weighted by molar-refractivity contribution is -0.141. The Morgan fingerprint density at radius 3 is 2.19 bits per heavy atom. The molecule has 0 spiro atoms. The minimum atomic E-state index is -0.545. The molecule has 3 rings (SSSR count). The molecule has 1 atom stereocenters. The van der Waals surface area contributed by atoms with Gasteiger partial charge in [-0.3, -0.25) is 4.79 Å². The van der Waals surface area contributed by atoms with E-state index in [0.717, 1.165) is 24.0 Å². The molecule has 0 radical (unpaired) electrons. The molecule has 1 unspecified atom stereocenters. The summed E-state index contributed by atoms with van der Waals surface area (Å²) in [6.45, 7) is 11.1. The van der Waals surface area contributed by atoms with Gasteiger partial charge in [0.05, 0.1) is 7.11 Å². The second-order valence-electron chi connectivity index (χ2n) is 8.94. The Balaban J connectivity index is 1.97.